The molecule has 1 aliphatic heterocycles. The largest absolute Gasteiger partial charge is 0.481 e. The second-order valence-corrected chi connectivity index (χ2v) is 4.92. The highest BCUT2D eigenvalue weighted by molar-refractivity contribution is 5.70. The van der Waals surface area contributed by atoms with Gasteiger partial charge in [-0.3, -0.25) is 14.9 Å². The van der Waals surface area contributed by atoms with Crippen molar-refractivity contribution >= 4 is 17.5 Å². The monoisotopic (exact) mass is 282 g/mol. The molecule has 20 heavy (non-hydrogen) atoms. The van der Waals surface area contributed by atoms with Crippen LogP contribution in [0.15, 0.2) is 0 Å². The van der Waals surface area contributed by atoms with E-state index in [1.807, 2.05) is 11.8 Å². The van der Waals surface area contributed by atoms with Crippen molar-refractivity contribution in [3.8, 4) is 0 Å². The van der Waals surface area contributed by atoms with Crippen molar-refractivity contribution in [2.75, 3.05) is 11.4 Å². The summed E-state index contributed by atoms with van der Waals surface area (Å²) in [7, 11) is 0. The van der Waals surface area contributed by atoms with Crippen LogP contribution >= 0.6 is 0 Å². The molecule has 0 spiro atoms. The highest BCUT2D eigenvalue weighted by Crippen LogP contribution is 2.36. The summed E-state index contributed by atoms with van der Waals surface area (Å²) in [6, 6.07) is -0.201. The molecule has 1 unspecified atom stereocenters. The molecule has 1 N–H and O–H groups in total. The highest BCUT2D eigenvalue weighted by Gasteiger charge is 2.36. The van der Waals surface area contributed by atoms with Gasteiger partial charge >= 0.3 is 11.7 Å². The maximum Gasteiger partial charge on any atom is 0.333 e. The van der Waals surface area contributed by atoms with Crippen LogP contribution in [0.25, 0.3) is 0 Å². The molecule has 1 saturated heterocycles. The SMILES string of the molecule is CCn1nc(C)c([N+](=O)[O-])c1N1CCCC1CC(=O)O. The number of carboxylic acid groups (broad SMARTS) is 1. The normalized spacial score (nSPS) is 18.5. The number of carbonyl (C=O) groups is 1. The molecule has 8 nitrogen and oxygen atoms in total. The maximum absolute atomic E-state index is 11.3. The molecule has 0 aliphatic carbocycles. The number of hydrogen-bond donors (Lipinski definition) is 1. The lowest BCUT2D eigenvalue weighted by molar-refractivity contribution is -0.384. The van der Waals surface area contributed by atoms with Crippen LogP contribution in [0.5, 0.6) is 0 Å². The predicted molar refractivity (Wildman–Crippen MR) is 71.9 cm³/mol. The first-order valence-corrected chi connectivity index (χ1v) is 6.66. The van der Waals surface area contributed by atoms with E-state index in [-0.39, 0.29) is 18.2 Å². The van der Waals surface area contributed by atoms with Crippen molar-refractivity contribution in [1.82, 2.24) is 9.78 Å². The topological polar surface area (TPSA) is 101 Å². The van der Waals surface area contributed by atoms with Gasteiger partial charge in [-0.25, -0.2) is 4.68 Å². The summed E-state index contributed by atoms with van der Waals surface area (Å²) in [6.07, 6.45) is 1.56. The van der Waals surface area contributed by atoms with Crippen molar-refractivity contribution in [1.29, 1.82) is 0 Å². The summed E-state index contributed by atoms with van der Waals surface area (Å²) in [6.45, 7) is 4.61. The Hall–Kier alpha value is -2.12. The number of hydrogen-bond acceptors (Lipinski definition) is 5. The Morgan fingerprint density at radius 3 is 2.85 bits per heavy atom. The van der Waals surface area contributed by atoms with Crippen molar-refractivity contribution in [3.63, 3.8) is 0 Å². The molecule has 2 heterocycles. The third-order valence-corrected chi connectivity index (χ3v) is 3.61. The molecule has 2 rings (SSSR count). The van der Waals surface area contributed by atoms with Gasteiger partial charge in [0.05, 0.1) is 11.3 Å². The van der Waals surface area contributed by atoms with Gasteiger partial charge in [-0.05, 0) is 26.7 Å². The van der Waals surface area contributed by atoms with Crippen LogP contribution in [-0.2, 0) is 11.3 Å². The van der Waals surface area contributed by atoms with Crippen molar-refractivity contribution in [2.24, 2.45) is 0 Å². The van der Waals surface area contributed by atoms with Crippen LogP contribution in [0.1, 0.15) is 31.9 Å². The molecule has 1 fully saturated rings. The Morgan fingerprint density at radius 1 is 1.60 bits per heavy atom. The van der Waals surface area contributed by atoms with Crippen LogP contribution in [0, 0.1) is 17.0 Å². The number of aryl methyl sites for hydroxylation is 2. The van der Waals surface area contributed by atoms with Gasteiger partial charge in [0.1, 0.15) is 5.69 Å². The lowest BCUT2D eigenvalue weighted by Crippen LogP contribution is -2.33. The lowest BCUT2D eigenvalue weighted by atomic mass is 10.1. The van der Waals surface area contributed by atoms with E-state index >= 15 is 0 Å². The van der Waals surface area contributed by atoms with E-state index in [1.165, 1.54) is 0 Å². The number of anilines is 1. The molecular formula is C12H18N4O4. The zero-order chi connectivity index (χ0) is 14.9. The molecular weight excluding hydrogens is 264 g/mol. The molecule has 0 bridgehead atoms. The zero-order valence-corrected chi connectivity index (χ0v) is 11.6. The van der Waals surface area contributed by atoms with Gasteiger partial charge in [0.25, 0.3) is 0 Å². The zero-order valence-electron chi connectivity index (χ0n) is 11.6. The number of aliphatic carboxylic acids is 1. The van der Waals surface area contributed by atoms with Gasteiger partial charge in [-0.2, -0.15) is 5.10 Å². The summed E-state index contributed by atoms with van der Waals surface area (Å²) in [5.74, 6) is -0.442. The Morgan fingerprint density at radius 2 is 2.30 bits per heavy atom. The Bertz CT molecular complexity index is 540. The van der Waals surface area contributed by atoms with Crippen LogP contribution in [0.3, 0.4) is 0 Å². The Kier molecular flexibility index (Phi) is 3.91. The standard InChI is InChI=1S/C12H18N4O4/c1-3-15-12(11(16(19)20)8(2)13-15)14-6-4-5-9(14)7-10(17)18/h9H,3-7H2,1-2H3,(H,17,18). The molecule has 1 aromatic rings. The van der Waals surface area contributed by atoms with E-state index in [0.717, 1.165) is 12.8 Å². The summed E-state index contributed by atoms with van der Waals surface area (Å²) in [5.41, 5.74) is 0.358. The fraction of sp³-hybridized carbons (Fsp3) is 0.667. The molecule has 0 saturated carbocycles. The number of rotatable bonds is 5. The predicted octanol–water partition coefficient (Wildman–Crippen LogP) is 1.56. The third-order valence-electron chi connectivity index (χ3n) is 3.61. The molecule has 8 heteroatoms. The van der Waals surface area contributed by atoms with E-state index in [1.54, 1.807) is 11.6 Å². The molecule has 1 aliphatic rings. The number of aromatic nitrogens is 2. The van der Waals surface area contributed by atoms with Crippen LogP contribution in [0.4, 0.5) is 11.5 Å². The van der Waals surface area contributed by atoms with Crippen LogP contribution < -0.4 is 4.90 Å². The minimum Gasteiger partial charge on any atom is -0.481 e. The average molecular weight is 282 g/mol. The van der Waals surface area contributed by atoms with E-state index in [9.17, 15) is 14.9 Å². The summed E-state index contributed by atoms with van der Waals surface area (Å²) in [4.78, 5) is 23.6. The first kappa shape index (κ1) is 14.3. The van der Waals surface area contributed by atoms with Crippen LogP contribution in [-0.4, -0.2) is 38.4 Å². The van der Waals surface area contributed by atoms with Crippen molar-refractivity contribution in [3.05, 3.63) is 15.8 Å². The summed E-state index contributed by atoms with van der Waals surface area (Å²) in [5, 5.41) is 24.4. The van der Waals surface area contributed by atoms with Gasteiger partial charge in [0, 0.05) is 19.1 Å². The molecule has 1 atom stereocenters. The third kappa shape index (κ3) is 2.45. The molecule has 1 aromatic heterocycles. The van der Waals surface area contributed by atoms with Gasteiger partial charge in [0.2, 0.25) is 5.82 Å². The highest BCUT2D eigenvalue weighted by atomic mass is 16.6. The van der Waals surface area contributed by atoms with Gasteiger partial charge in [-0.15, -0.1) is 0 Å². The number of carboxylic acids is 1. The van der Waals surface area contributed by atoms with E-state index < -0.39 is 10.9 Å². The second-order valence-electron chi connectivity index (χ2n) is 4.92. The minimum atomic E-state index is -0.885. The molecule has 0 radical (unpaired) electrons. The molecule has 0 amide bonds. The van der Waals surface area contributed by atoms with Gasteiger partial charge < -0.3 is 10.0 Å². The second kappa shape index (κ2) is 5.48. The fourth-order valence-corrected chi connectivity index (χ4v) is 2.81. The number of nitrogens with zero attached hydrogens (tertiary/aromatic N) is 4. The first-order chi connectivity index (χ1) is 9.45. The molecule has 0 aromatic carbocycles. The van der Waals surface area contributed by atoms with E-state index in [4.69, 9.17) is 5.11 Å². The average Bonchev–Trinajstić information content (AvgIpc) is 2.91. The van der Waals surface area contributed by atoms with Gasteiger partial charge in [-0.1, -0.05) is 0 Å². The minimum absolute atomic E-state index is 0.00883. The number of nitro groups is 1. The van der Waals surface area contributed by atoms with Crippen molar-refractivity contribution < 1.29 is 14.8 Å². The first-order valence-electron chi connectivity index (χ1n) is 6.66. The van der Waals surface area contributed by atoms with Crippen LogP contribution in [0.2, 0.25) is 0 Å². The van der Waals surface area contributed by atoms with E-state index in [0.29, 0.717) is 24.6 Å². The summed E-state index contributed by atoms with van der Waals surface area (Å²) < 4.78 is 1.59. The van der Waals surface area contributed by atoms with E-state index in [2.05, 4.69) is 5.10 Å². The lowest BCUT2D eigenvalue weighted by Gasteiger charge is -2.25. The van der Waals surface area contributed by atoms with Gasteiger partial charge in [0.15, 0.2) is 0 Å². The Labute approximate surface area is 116 Å². The maximum atomic E-state index is 11.3. The fourth-order valence-electron chi connectivity index (χ4n) is 2.81. The Balaban J connectivity index is 2.44. The smallest absolute Gasteiger partial charge is 0.333 e. The molecule has 110 valence electrons. The summed E-state index contributed by atoms with van der Waals surface area (Å²) >= 11 is 0. The quantitative estimate of drug-likeness (QED) is 0.649. The van der Waals surface area contributed by atoms with Crippen molar-refractivity contribution in [2.45, 2.75) is 45.7 Å².